The van der Waals surface area contributed by atoms with E-state index in [-0.39, 0.29) is 18.3 Å². The van der Waals surface area contributed by atoms with E-state index in [4.69, 9.17) is 14.2 Å². The van der Waals surface area contributed by atoms with Gasteiger partial charge < -0.3 is 24.3 Å². The molecule has 9 nitrogen and oxygen atoms in total. The van der Waals surface area contributed by atoms with Gasteiger partial charge in [0.15, 0.2) is 0 Å². The van der Waals surface area contributed by atoms with Crippen molar-refractivity contribution in [2.24, 2.45) is 5.92 Å². The van der Waals surface area contributed by atoms with Crippen molar-refractivity contribution in [1.82, 2.24) is 14.9 Å². The number of aliphatic hydroxyl groups is 1. The predicted molar refractivity (Wildman–Crippen MR) is 124 cm³/mol. The first-order valence-electron chi connectivity index (χ1n) is 10.8. The molecule has 0 radical (unpaired) electrons. The molecule has 2 rings (SSSR count). The average Bonchev–Trinajstić information content (AvgIpc) is 3.02. The number of ether oxygens (including phenoxy) is 3. The number of aliphatic hydroxyl groups excluding tert-OH is 1. The summed E-state index contributed by atoms with van der Waals surface area (Å²) in [4.78, 5) is 35.3. The lowest BCUT2D eigenvalue weighted by atomic mass is 10.2. The number of hydrogen-bond acceptors (Lipinski definition) is 9. The second kappa shape index (κ2) is 12.4. The van der Waals surface area contributed by atoms with Gasteiger partial charge in [0.1, 0.15) is 15.5 Å². The van der Waals surface area contributed by atoms with Gasteiger partial charge in [-0.15, -0.1) is 11.3 Å². The van der Waals surface area contributed by atoms with Crippen LogP contribution in [0.15, 0.2) is 4.79 Å². The van der Waals surface area contributed by atoms with Crippen molar-refractivity contribution in [3.8, 4) is 0 Å². The number of H-pyrrole nitrogens is 1. The Balaban J connectivity index is 2.20. The molecule has 32 heavy (non-hydrogen) atoms. The number of carbonyl (C=O) groups is 1. The maximum absolute atomic E-state index is 12.7. The molecule has 2 aromatic rings. The van der Waals surface area contributed by atoms with Crippen molar-refractivity contribution in [3.63, 3.8) is 0 Å². The van der Waals surface area contributed by atoms with Crippen molar-refractivity contribution in [2.45, 2.75) is 53.4 Å². The maximum Gasteiger partial charge on any atom is 0.348 e. The molecule has 0 saturated heterocycles. The van der Waals surface area contributed by atoms with Crippen LogP contribution in [-0.2, 0) is 20.8 Å². The van der Waals surface area contributed by atoms with E-state index in [9.17, 15) is 14.7 Å². The second-order valence-corrected chi connectivity index (χ2v) is 9.52. The van der Waals surface area contributed by atoms with Gasteiger partial charge in [-0.3, -0.25) is 9.69 Å². The zero-order chi connectivity index (χ0) is 23.8. The summed E-state index contributed by atoms with van der Waals surface area (Å²) in [5.74, 6) is 0.399. The summed E-state index contributed by atoms with van der Waals surface area (Å²) in [6.45, 7) is 11.9. The molecule has 0 amide bonds. The second-order valence-electron chi connectivity index (χ2n) is 8.52. The Morgan fingerprint density at radius 3 is 2.59 bits per heavy atom. The Morgan fingerprint density at radius 1 is 1.25 bits per heavy atom. The van der Waals surface area contributed by atoms with Gasteiger partial charge in [-0.25, -0.2) is 9.78 Å². The molecule has 2 heterocycles. The Bertz CT molecular complexity index is 940. The minimum Gasteiger partial charge on any atom is -0.459 e. The molecule has 0 spiro atoms. The van der Waals surface area contributed by atoms with Gasteiger partial charge in [0.05, 0.1) is 37.4 Å². The van der Waals surface area contributed by atoms with Gasteiger partial charge in [0.25, 0.3) is 5.56 Å². The van der Waals surface area contributed by atoms with Crippen molar-refractivity contribution < 1.29 is 24.1 Å². The third-order valence-corrected chi connectivity index (χ3v) is 5.76. The minimum absolute atomic E-state index is 0.232. The number of fused-ring (bicyclic) bond motifs is 1. The molecular weight excluding hydrogens is 434 g/mol. The first-order valence-corrected chi connectivity index (χ1v) is 11.6. The fourth-order valence-electron chi connectivity index (χ4n) is 3.18. The number of methoxy groups -OCH3 is 1. The molecule has 0 unspecified atom stereocenters. The molecule has 0 fully saturated rings. The van der Waals surface area contributed by atoms with E-state index in [0.29, 0.717) is 65.2 Å². The molecule has 10 heteroatoms. The van der Waals surface area contributed by atoms with Crippen LogP contribution in [0.2, 0.25) is 0 Å². The van der Waals surface area contributed by atoms with Gasteiger partial charge in [0, 0.05) is 26.8 Å². The van der Waals surface area contributed by atoms with E-state index < -0.39 is 12.1 Å². The van der Waals surface area contributed by atoms with Crippen LogP contribution in [0.25, 0.3) is 10.2 Å². The number of hydrogen-bond donors (Lipinski definition) is 2. The molecule has 2 N–H and O–H groups in total. The molecular formula is C22H35N3O6S. The van der Waals surface area contributed by atoms with Crippen molar-refractivity contribution in [3.05, 3.63) is 26.6 Å². The molecule has 0 aliphatic rings. The van der Waals surface area contributed by atoms with Crippen molar-refractivity contribution in [2.75, 3.05) is 40.0 Å². The molecule has 2 aromatic heterocycles. The van der Waals surface area contributed by atoms with E-state index in [2.05, 4.69) is 23.8 Å². The zero-order valence-corrected chi connectivity index (χ0v) is 20.6. The Hall–Kier alpha value is -1.85. The summed E-state index contributed by atoms with van der Waals surface area (Å²) in [5.41, 5.74) is 0.278. The van der Waals surface area contributed by atoms with Crippen LogP contribution in [-0.4, -0.2) is 78.2 Å². The van der Waals surface area contributed by atoms with Gasteiger partial charge in [0.2, 0.25) is 0 Å². The van der Waals surface area contributed by atoms with Crippen LogP contribution >= 0.6 is 11.3 Å². The van der Waals surface area contributed by atoms with Crippen molar-refractivity contribution in [1.29, 1.82) is 0 Å². The van der Waals surface area contributed by atoms with Crippen LogP contribution < -0.4 is 5.56 Å². The zero-order valence-electron chi connectivity index (χ0n) is 19.8. The van der Waals surface area contributed by atoms with E-state index in [1.807, 2.05) is 4.90 Å². The van der Waals surface area contributed by atoms with Crippen LogP contribution in [0.3, 0.4) is 0 Å². The molecule has 0 aliphatic carbocycles. The average molecular weight is 470 g/mol. The number of aromatic nitrogens is 2. The summed E-state index contributed by atoms with van der Waals surface area (Å²) in [6.07, 6.45) is -0.929. The number of nitrogens with zero attached hydrogens (tertiary/aromatic N) is 2. The highest BCUT2D eigenvalue weighted by Crippen LogP contribution is 2.28. The quantitative estimate of drug-likeness (QED) is 0.430. The highest BCUT2D eigenvalue weighted by atomic mass is 32.1. The van der Waals surface area contributed by atoms with Gasteiger partial charge in [-0.05, 0) is 32.3 Å². The summed E-state index contributed by atoms with van der Waals surface area (Å²) < 4.78 is 16.0. The van der Waals surface area contributed by atoms with Crippen molar-refractivity contribution >= 4 is 27.5 Å². The minimum atomic E-state index is -0.678. The molecule has 0 bridgehead atoms. The SMILES string of the molecule is COCCN(Cc1nc2sc(C(=O)OC(C)C)c(C)c2c(=O)[nH]1)C[C@@H](O)COCC(C)C. The Labute approximate surface area is 192 Å². The van der Waals surface area contributed by atoms with E-state index >= 15 is 0 Å². The summed E-state index contributed by atoms with van der Waals surface area (Å²) in [7, 11) is 1.61. The topological polar surface area (TPSA) is 114 Å². The number of carbonyl (C=O) groups excluding carboxylic acids is 1. The number of aryl methyl sites for hydroxylation is 1. The monoisotopic (exact) mass is 469 g/mol. The predicted octanol–water partition coefficient (Wildman–Crippen LogP) is 2.34. The van der Waals surface area contributed by atoms with Gasteiger partial charge in [-0.2, -0.15) is 0 Å². The molecule has 0 saturated carbocycles. The van der Waals surface area contributed by atoms with E-state index in [1.165, 1.54) is 0 Å². The summed E-state index contributed by atoms with van der Waals surface area (Å²) >= 11 is 1.16. The molecule has 0 aromatic carbocycles. The highest BCUT2D eigenvalue weighted by Gasteiger charge is 2.22. The highest BCUT2D eigenvalue weighted by molar-refractivity contribution is 7.20. The van der Waals surface area contributed by atoms with Gasteiger partial charge in [-0.1, -0.05) is 13.8 Å². The fraction of sp³-hybridized carbons (Fsp3) is 0.682. The lowest BCUT2D eigenvalue weighted by Crippen LogP contribution is -2.37. The first-order chi connectivity index (χ1) is 15.1. The number of rotatable bonds is 13. The summed E-state index contributed by atoms with van der Waals surface area (Å²) in [6, 6.07) is 0. The Kier molecular flexibility index (Phi) is 10.2. The number of aromatic amines is 1. The van der Waals surface area contributed by atoms with Crippen LogP contribution in [0, 0.1) is 12.8 Å². The fourth-order valence-corrected chi connectivity index (χ4v) is 4.27. The molecule has 180 valence electrons. The smallest absolute Gasteiger partial charge is 0.348 e. The van der Waals surface area contributed by atoms with Crippen LogP contribution in [0.4, 0.5) is 0 Å². The molecule has 1 atom stereocenters. The van der Waals surface area contributed by atoms with E-state index in [0.717, 1.165) is 11.3 Å². The largest absolute Gasteiger partial charge is 0.459 e. The lowest BCUT2D eigenvalue weighted by molar-refractivity contribution is 0.00295. The first kappa shape index (κ1) is 26.4. The number of thiophene rings is 1. The summed E-state index contributed by atoms with van der Waals surface area (Å²) in [5, 5.41) is 10.8. The lowest BCUT2D eigenvalue weighted by Gasteiger charge is -2.24. The number of esters is 1. The third kappa shape index (κ3) is 7.63. The van der Waals surface area contributed by atoms with Crippen LogP contribution in [0.5, 0.6) is 0 Å². The van der Waals surface area contributed by atoms with Crippen LogP contribution in [0.1, 0.15) is 48.8 Å². The number of nitrogens with one attached hydrogen (secondary N) is 1. The standard InChI is InChI=1S/C22H35N3O6S/c1-13(2)11-30-12-16(26)9-25(7-8-29-6)10-17-23-20(27)18-15(5)19(32-21(18)24-17)22(28)31-14(3)4/h13-14,16,26H,7-12H2,1-6H3,(H,23,24,27)/t16-/m1/s1. The van der Waals surface area contributed by atoms with Gasteiger partial charge >= 0.3 is 5.97 Å². The van der Waals surface area contributed by atoms with E-state index in [1.54, 1.807) is 27.9 Å². The normalized spacial score (nSPS) is 12.9. The third-order valence-electron chi connectivity index (χ3n) is 4.59. The maximum atomic E-state index is 12.7. The Morgan fingerprint density at radius 2 is 1.97 bits per heavy atom. The molecule has 0 aliphatic heterocycles.